The predicted molar refractivity (Wildman–Crippen MR) is 54.5 cm³/mol. The standard InChI is InChI=1S/C12H18O/c13-12-8-6-11(7-9-12)10-4-2-1-3-5-10/h6,8-11,13H,1-5,7H2. The summed E-state index contributed by atoms with van der Waals surface area (Å²) in [7, 11) is 0. The molecule has 2 rings (SSSR count). The van der Waals surface area contributed by atoms with Crippen LogP contribution >= 0.6 is 0 Å². The van der Waals surface area contributed by atoms with E-state index >= 15 is 0 Å². The summed E-state index contributed by atoms with van der Waals surface area (Å²) in [5, 5.41) is 9.20. The van der Waals surface area contributed by atoms with Crippen LogP contribution in [0.25, 0.3) is 0 Å². The lowest BCUT2D eigenvalue weighted by Gasteiger charge is -2.28. The third-order valence-corrected chi connectivity index (χ3v) is 3.37. The molecule has 2 aliphatic carbocycles. The van der Waals surface area contributed by atoms with E-state index in [1.807, 2.05) is 12.2 Å². The van der Waals surface area contributed by atoms with Crippen molar-refractivity contribution in [3.63, 3.8) is 0 Å². The first kappa shape index (κ1) is 8.86. The van der Waals surface area contributed by atoms with Crippen molar-refractivity contribution in [1.29, 1.82) is 0 Å². The molecule has 0 aromatic heterocycles. The molecule has 0 amide bonds. The molecular weight excluding hydrogens is 160 g/mol. The highest BCUT2D eigenvalue weighted by Gasteiger charge is 2.22. The molecule has 0 aromatic rings. The molecule has 0 radical (unpaired) electrons. The number of hydrogen-bond donors (Lipinski definition) is 1. The molecule has 2 aliphatic rings. The van der Waals surface area contributed by atoms with Crippen LogP contribution in [0.15, 0.2) is 24.0 Å². The zero-order valence-corrected chi connectivity index (χ0v) is 8.08. The summed E-state index contributed by atoms with van der Waals surface area (Å²) in [6.45, 7) is 0. The van der Waals surface area contributed by atoms with Crippen molar-refractivity contribution in [2.24, 2.45) is 11.8 Å². The van der Waals surface area contributed by atoms with Crippen LogP contribution in [0, 0.1) is 11.8 Å². The van der Waals surface area contributed by atoms with E-state index < -0.39 is 0 Å². The third kappa shape index (κ3) is 2.15. The van der Waals surface area contributed by atoms with Crippen LogP contribution in [0.3, 0.4) is 0 Å². The zero-order chi connectivity index (χ0) is 9.10. The first-order valence-corrected chi connectivity index (χ1v) is 5.43. The van der Waals surface area contributed by atoms with Gasteiger partial charge in [0.25, 0.3) is 0 Å². The second kappa shape index (κ2) is 3.99. The molecule has 1 atom stereocenters. The molecular formula is C12H18O. The lowest BCUT2D eigenvalue weighted by atomic mass is 9.77. The highest BCUT2D eigenvalue weighted by Crippen LogP contribution is 2.34. The molecule has 0 aliphatic heterocycles. The van der Waals surface area contributed by atoms with Crippen LogP contribution in [0.4, 0.5) is 0 Å². The third-order valence-electron chi connectivity index (χ3n) is 3.37. The van der Waals surface area contributed by atoms with Crippen molar-refractivity contribution in [3.8, 4) is 0 Å². The van der Waals surface area contributed by atoms with Crippen molar-refractivity contribution in [3.05, 3.63) is 24.0 Å². The van der Waals surface area contributed by atoms with E-state index in [9.17, 15) is 5.11 Å². The number of allylic oxidation sites excluding steroid dienone is 3. The molecule has 1 unspecified atom stereocenters. The first-order valence-electron chi connectivity index (χ1n) is 5.43. The van der Waals surface area contributed by atoms with Gasteiger partial charge in [-0.3, -0.25) is 0 Å². The van der Waals surface area contributed by atoms with Gasteiger partial charge in [-0.2, -0.15) is 0 Å². The molecule has 0 spiro atoms. The molecule has 0 heterocycles. The lowest BCUT2D eigenvalue weighted by molar-refractivity contribution is 0.281. The van der Waals surface area contributed by atoms with E-state index in [1.165, 1.54) is 32.1 Å². The summed E-state index contributed by atoms with van der Waals surface area (Å²) in [6, 6.07) is 0. The van der Waals surface area contributed by atoms with E-state index in [0.29, 0.717) is 11.7 Å². The van der Waals surface area contributed by atoms with E-state index in [1.54, 1.807) is 0 Å². The van der Waals surface area contributed by atoms with Crippen LogP contribution < -0.4 is 0 Å². The molecule has 0 aromatic carbocycles. The normalized spacial score (nSPS) is 30.2. The van der Waals surface area contributed by atoms with Crippen LogP contribution in [-0.4, -0.2) is 5.11 Å². The van der Waals surface area contributed by atoms with Gasteiger partial charge in [-0.05, 0) is 43.3 Å². The summed E-state index contributed by atoms with van der Waals surface area (Å²) in [6.07, 6.45) is 14.1. The highest BCUT2D eigenvalue weighted by atomic mass is 16.3. The average Bonchev–Trinajstić information content (AvgIpc) is 2.20. The van der Waals surface area contributed by atoms with Crippen molar-refractivity contribution >= 4 is 0 Å². The van der Waals surface area contributed by atoms with Crippen molar-refractivity contribution in [1.82, 2.24) is 0 Å². The van der Waals surface area contributed by atoms with Gasteiger partial charge in [0.05, 0.1) is 0 Å². The average molecular weight is 178 g/mol. The maximum Gasteiger partial charge on any atom is 0.111 e. The van der Waals surface area contributed by atoms with Crippen molar-refractivity contribution < 1.29 is 5.11 Å². The predicted octanol–water partition coefficient (Wildman–Crippen LogP) is 3.58. The van der Waals surface area contributed by atoms with Gasteiger partial charge in [0.15, 0.2) is 0 Å². The van der Waals surface area contributed by atoms with Crippen LogP contribution in [0.2, 0.25) is 0 Å². The number of hydrogen-bond acceptors (Lipinski definition) is 1. The van der Waals surface area contributed by atoms with Crippen LogP contribution in [0.5, 0.6) is 0 Å². The summed E-state index contributed by atoms with van der Waals surface area (Å²) in [5.41, 5.74) is 0. The topological polar surface area (TPSA) is 20.2 Å². The fraction of sp³-hybridized carbons (Fsp3) is 0.667. The maximum atomic E-state index is 9.20. The fourth-order valence-corrected chi connectivity index (χ4v) is 2.54. The van der Waals surface area contributed by atoms with Gasteiger partial charge in [0.2, 0.25) is 0 Å². The largest absolute Gasteiger partial charge is 0.508 e. The molecule has 1 saturated carbocycles. The Balaban J connectivity index is 1.91. The van der Waals surface area contributed by atoms with Crippen molar-refractivity contribution in [2.45, 2.75) is 38.5 Å². The summed E-state index contributed by atoms with van der Waals surface area (Å²) in [4.78, 5) is 0. The van der Waals surface area contributed by atoms with Gasteiger partial charge in [-0.25, -0.2) is 0 Å². The fourth-order valence-electron chi connectivity index (χ4n) is 2.54. The van der Waals surface area contributed by atoms with Gasteiger partial charge in [0, 0.05) is 0 Å². The SMILES string of the molecule is OC1=CCC(C2CCCCC2)C=C1. The molecule has 1 heteroatoms. The van der Waals surface area contributed by atoms with Gasteiger partial charge < -0.3 is 5.11 Å². The molecule has 1 N–H and O–H groups in total. The number of aliphatic hydroxyl groups excluding tert-OH is 1. The Bertz CT molecular complexity index is 221. The Morgan fingerprint density at radius 3 is 2.54 bits per heavy atom. The van der Waals surface area contributed by atoms with E-state index in [0.717, 1.165) is 12.3 Å². The van der Waals surface area contributed by atoms with Gasteiger partial charge in [0.1, 0.15) is 5.76 Å². The molecule has 1 fully saturated rings. The quantitative estimate of drug-likeness (QED) is 0.650. The van der Waals surface area contributed by atoms with Gasteiger partial charge in [-0.15, -0.1) is 0 Å². The van der Waals surface area contributed by atoms with Crippen LogP contribution in [0.1, 0.15) is 38.5 Å². The monoisotopic (exact) mass is 178 g/mol. The smallest absolute Gasteiger partial charge is 0.111 e. The number of aliphatic hydroxyl groups is 1. The maximum absolute atomic E-state index is 9.20. The summed E-state index contributed by atoms with van der Waals surface area (Å²) < 4.78 is 0. The van der Waals surface area contributed by atoms with Gasteiger partial charge in [-0.1, -0.05) is 25.3 Å². The summed E-state index contributed by atoms with van der Waals surface area (Å²) in [5.74, 6) is 2.04. The Morgan fingerprint density at radius 2 is 1.92 bits per heavy atom. The molecule has 72 valence electrons. The van der Waals surface area contributed by atoms with Crippen molar-refractivity contribution in [2.75, 3.05) is 0 Å². The molecule has 1 nitrogen and oxygen atoms in total. The Kier molecular flexibility index (Phi) is 2.72. The minimum atomic E-state index is 0.451. The Morgan fingerprint density at radius 1 is 1.15 bits per heavy atom. The lowest BCUT2D eigenvalue weighted by Crippen LogP contribution is -2.17. The summed E-state index contributed by atoms with van der Waals surface area (Å²) >= 11 is 0. The molecule has 13 heavy (non-hydrogen) atoms. The Labute approximate surface area is 80.2 Å². The molecule has 0 bridgehead atoms. The van der Waals surface area contributed by atoms with Gasteiger partial charge >= 0.3 is 0 Å². The Hall–Kier alpha value is -0.720. The second-order valence-electron chi connectivity index (χ2n) is 4.29. The van der Waals surface area contributed by atoms with E-state index in [-0.39, 0.29) is 0 Å². The molecule has 0 saturated heterocycles. The van der Waals surface area contributed by atoms with E-state index in [4.69, 9.17) is 0 Å². The second-order valence-corrected chi connectivity index (χ2v) is 4.29. The first-order chi connectivity index (χ1) is 6.36. The number of rotatable bonds is 1. The van der Waals surface area contributed by atoms with E-state index in [2.05, 4.69) is 6.08 Å². The zero-order valence-electron chi connectivity index (χ0n) is 8.08. The highest BCUT2D eigenvalue weighted by molar-refractivity contribution is 5.17. The minimum absolute atomic E-state index is 0.451. The minimum Gasteiger partial charge on any atom is -0.508 e. The van der Waals surface area contributed by atoms with Crippen LogP contribution in [-0.2, 0) is 0 Å².